The van der Waals surface area contributed by atoms with E-state index in [0.717, 1.165) is 5.56 Å². The van der Waals surface area contributed by atoms with Crippen molar-refractivity contribution in [2.75, 3.05) is 7.05 Å². The predicted molar refractivity (Wildman–Crippen MR) is 93.1 cm³/mol. The van der Waals surface area contributed by atoms with E-state index in [1.807, 2.05) is 58.0 Å². The molecular weight excluding hydrogens is 304 g/mol. The normalized spacial score (nSPS) is 12.5. The average molecular weight is 328 g/mol. The Morgan fingerprint density at radius 2 is 1.75 bits per heavy atom. The van der Waals surface area contributed by atoms with E-state index in [-0.39, 0.29) is 29.1 Å². The molecule has 0 saturated heterocycles. The monoisotopic (exact) mass is 328 g/mol. The minimum absolute atomic E-state index is 0.176. The number of hydrogen-bond acceptors (Lipinski definition) is 3. The van der Waals surface area contributed by atoms with Gasteiger partial charge in [-0.3, -0.25) is 14.3 Å². The molecule has 0 radical (unpaired) electrons. The van der Waals surface area contributed by atoms with Crippen molar-refractivity contribution in [2.24, 2.45) is 0 Å². The van der Waals surface area contributed by atoms with Crippen molar-refractivity contribution in [1.29, 1.82) is 0 Å². The molecule has 2 aromatic rings. The third-order valence-electron chi connectivity index (χ3n) is 3.57. The van der Waals surface area contributed by atoms with Gasteiger partial charge in [-0.25, -0.2) is 0 Å². The number of carbonyl (C=O) groups excluding carboxylic acids is 2. The minimum Gasteiger partial charge on any atom is -0.354 e. The SMILES string of the molecule is CNC(=O)c1cc(C(=O)NC(C)(C)C)n([C@@H](C)c2ccccc2)n1. The second kappa shape index (κ2) is 6.86. The molecule has 0 aliphatic heterocycles. The molecule has 0 aliphatic carbocycles. The van der Waals surface area contributed by atoms with E-state index in [0.29, 0.717) is 5.69 Å². The number of benzene rings is 1. The van der Waals surface area contributed by atoms with Crippen LogP contribution in [0, 0.1) is 0 Å². The number of nitrogens with one attached hydrogen (secondary N) is 2. The highest BCUT2D eigenvalue weighted by Crippen LogP contribution is 2.20. The lowest BCUT2D eigenvalue weighted by atomic mass is 10.1. The zero-order valence-corrected chi connectivity index (χ0v) is 14.8. The Morgan fingerprint density at radius 3 is 2.29 bits per heavy atom. The molecule has 128 valence electrons. The fourth-order valence-electron chi connectivity index (χ4n) is 2.38. The molecule has 6 nitrogen and oxygen atoms in total. The summed E-state index contributed by atoms with van der Waals surface area (Å²) in [6.45, 7) is 7.67. The van der Waals surface area contributed by atoms with Crippen LogP contribution in [0.3, 0.4) is 0 Å². The molecule has 1 aromatic heterocycles. The van der Waals surface area contributed by atoms with Gasteiger partial charge in [0, 0.05) is 18.7 Å². The van der Waals surface area contributed by atoms with Crippen LogP contribution >= 0.6 is 0 Å². The Bertz CT molecular complexity index is 729. The Hall–Kier alpha value is -2.63. The maximum absolute atomic E-state index is 12.6. The van der Waals surface area contributed by atoms with Crippen LogP contribution in [0.5, 0.6) is 0 Å². The van der Waals surface area contributed by atoms with Gasteiger partial charge in [-0.1, -0.05) is 30.3 Å². The van der Waals surface area contributed by atoms with Crippen molar-refractivity contribution in [3.05, 3.63) is 53.3 Å². The fraction of sp³-hybridized carbons (Fsp3) is 0.389. The van der Waals surface area contributed by atoms with Crippen molar-refractivity contribution < 1.29 is 9.59 Å². The van der Waals surface area contributed by atoms with Gasteiger partial charge >= 0.3 is 0 Å². The summed E-state index contributed by atoms with van der Waals surface area (Å²) in [5, 5.41) is 9.81. The summed E-state index contributed by atoms with van der Waals surface area (Å²) >= 11 is 0. The van der Waals surface area contributed by atoms with Crippen LogP contribution in [0.4, 0.5) is 0 Å². The summed E-state index contributed by atoms with van der Waals surface area (Å²) < 4.78 is 1.60. The molecule has 1 aromatic carbocycles. The summed E-state index contributed by atoms with van der Waals surface area (Å²) in [7, 11) is 1.54. The predicted octanol–water partition coefficient (Wildman–Crippen LogP) is 2.38. The first-order chi connectivity index (χ1) is 11.2. The molecule has 0 spiro atoms. The van der Waals surface area contributed by atoms with Crippen LogP contribution in [0.2, 0.25) is 0 Å². The van der Waals surface area contributed by atoms with Crippen LogP contribution in [0.15, 0.2) is 36.4 Å². The molecule has 1 heterocycles. The van der Waals surface area contributed by atoms with Gasteiger partial charge < -0.3 is 10.6 Å². The Labute approximate surface area is 142 Å². The van der Waals surface area contributed by atoms with Gasteiger partial charge in [-0.15, -0.1) is 0 Å². The Morgan fingerprint density at radius 1 is 1.12 bits per heavy atom. The van der Waals surface area contributed by atoms with Crippen LogP contribution < -0.4 is 10.6 Å². The molecule has 1 atom stereocenters. The van der Waals surface area contributed by atoms with Crippen LogP contribution in [0.1, 0.15) is 60.3 Å². The zero-order chi connectivity index (χ0) is 17.9. The molecule has 0 bridgehead atoms. The molecule has 2 amide bonds. The Balaban J connectivity index is 2.46. The van der Waals surface area contributed by atoms with Gasteiger partial charge in [0.2, 0.25) is 0 Å². The van der Waals surface area contributed by atoms with Gasteiger partial charge in [0.1, 0.15) is 5.69 Å². The third kappa shape index (κ3) is 4.01. The summed E-state index contributed by atoms with van der Waals surface area (Å²) in [5.74, 6) is -0.577. The van der Waals surface area contributed by atoms with E-state index in [2.05, 4.69) is 15.7 Å². The van der Waals surface area contributed by atoms with Gasteiger partial charge in [0.25, 0.3) is 11.8 Å². The highest BCUT2D eigenvalue weighted by molar-refractivity contribution is 5.98. The van der Waals surface area contributed by atoms with Gasteiger partial charge in [0.05, 0.1) is 6.04 Å². The lowest BCUT2D eigenvalue weighted by Crippen LogP contribution is -2.41. The quantitative estimate of drug-likeness (QED) is 0.905. The number of nitrogens with zero attached hydrogens (tertiary/aromatic N) is 2. The largest absolute Gasteiger partial charge is 0.354 e. The maximum atomic E-state index is 12.6. The maximum Gasteiger partial charge on any atom is 0.271 e. The third-order valence-corrected chi connectivity index (χ3v) is 3.57. The number of aromatic nitrogens is 2. The first-order valence-electron chi connectivity index (χ1n) is 7.92. The van der Waals surface area contributed by atoms with Crippen molar-refractivity contribution in [2.45, 2.75) is 39.3 Å². The highest BCUT2D eigenvalue weighted by atomic mass is 16.2. The number of rotatable bonds is 4. The fourth-order valence-corrected chi connectivity index (χ4v) is 2.38. The van der Waals surface area contributed by atoms with Crippen molar-refractivity contribution in [1.82, 2.24) is 20.4 Å². The van der Waals surface area contributed by atoms with E-state index < -0.39 is 0 Å². The standard InChI is InChI=1S/C18H24N4O2/c1-12(13-9-7-6-8-10-13)22-15(17(24)20-18(2,3)4)11-14(21-22)16(23)19-5/h6-12H,1-5H3,(H,19,23)(H,20,24)/t12-/m0/s1. The number of hydrogen-bond donors (Lipinski definition) is 2. The van der Waals surface area contributed by atoms with E-state index in [1.165, 1.54) is 13.1 Å². The molecule has 6 heteroatoms. The molecule has 2 N–H and O–H groups in total. The minimum atomic E-state index is -0.380. The first-order valence-corrected chi connectivity index (χ1v) is 7.92. The lowest BCUT2D eigenvalue weighted by Gasteiger charge is -2.22. The summed E-state index contributed by atoms with van der Waals surface area (Å²) in [6.07, 6.45) is 0. The molecule has 0 saturated carbocycles. The second-order valence-corrected chi connectivity index (χ2v) is 6.73. The van der Waals surface area contributed by atoms with Crippen LogP contribution in [-0.2, 0) is 0 Å². The van der Waals surface area contributed by atoms with Crippen molar-refractivity contribution in [3.8, 4) is 0 Å². The topological polar surface area (TPSA) is 76.0 Å². The van der Waals surface area contributed by atoms with Gasteiger partial charge in [0.15, 0.2) is 5.69 Å². The van der Waals surface area contributed by atoms with E-state index in [1.54, 1.807) is 4.68 Å². The van der Waals surface area contributed by atoms with E-state index in [4.69, 9.17) is 0 Å². The Kier molecular flexibility index (Phi) is 5.07. The van der Waals surface area contributed by atoms with Crippen LogP contribution in [-0.4, -0.2) is 34.2 Å². The smallest absolute Gasteiger partial charge is 0.271 e. The van der Waals surface area contributed by atoms with Gasteiger partial charge in [-0.05, 0) is 33.3 Å². The summed E-state index contributed by atoms with van der Waals surface area (Å²) in [4.78, 5) is 24.6. The molecule has 24 heavy (non-hydrogen) atoms. The van der Waals surface area contributed by atoms with E-state index in [9.17, 15) is 9.59 Å². The van der Waals surface area contributed by atoms with Crippen molar-refractivity contribution in [3.63, 3.8) is 0 Å². The second-order valence-electron chi connectivity index (χ2n) is 6.73. The average Bonchev–Trinajstić information content (AvgIpc) is 2.98. The van der Waals surface area contributed by atoms with Crippen molar-refractivity contribution >= 4 is 11.8 Å². The number of amides is 2. The summed E-state index contributed by atoms with van der Waals surface area (Å²) in [5.41, 5.74) is 1.21. The molecule has 0 fully saturated rings. The first kappa shape index (κ1) is 17.7. The van der Waals surface area contributed by atoms with Crippen LogP contribution in [0.25, 0.3) is 0 Å². The van der Waals surface area contributed by atoms with Gasteiger partial charge in [-0.2, -0.15) is 5.10 Å². The lowest BCUT2D eigenvalue weighted by molar-refractivity contribution is 0.0905. The zero-order valence-electron chi connectivity index (χ0n) is 14.8. The van der Waals surface area contributed by atoms with E-state index >= 15 is 0 Å². The number of carbonyl (C=O) groups is 2. The molecule has 0 aliphatic rings. The molecular formula is C18H24N4O2. The highest BCUT2D eigenvalue weighted by Gasteiger charge is 2.24. The molecule has 0 unspecified atom stereocenters. The summed E-state index contributed by atoms with van der Waals surface area (Å²) in [6, 6.07) is 11.1. The molecule has 2 rings (SSSR count).